The van der Waals surface area contributed by atoms with E-state index in [1.54, 1.807) is 12.1 Å². The van der Waals surface area contributed by atoms with Crippen molar-refractivity contribution in [1.29, 1.82) is 5.26 Å². The van der Waals surface area contributed by atoms with E-state index in [2.05, 4.69) is 6.07 Å². The van der Waals surface area contributed by atoms with Crippen LogP contribution in [0.2, 0.25) is 5.02 Å². The smallest absolute Gasteiger partial charge is 0.140 e. The Bertz CT molecular complexity index is 463. The molecule has 1 aromatic carbocycles. The van der Waals surface area contributed by atoms with Crippen molar-refractivity contribution in [2.45, 2.75) is 12.8 Å². The quantitative estimate of drug-likeness (QED) is 0.789. The van der Waals surface area contributed by atoms with Gasteiger partial charge in [0.05, 0.1) is 27.9 Å². The molecule has 1 aromatic rings. The normalized spacial score (nSPS) is 16.5. The summed E-state index contributed by atoms with van der Waals surface area (Å²) in [6.45, 7) is 0.354. The monoisotopic (exact) mass is 237 g/mol. The molecule has 16 heavy (non-hydrogen) atoms. The van der Waals surface area contributed by atoms with E-state index in [1.165, 1.54) is 0 Å². The molecule has 0 atom stereocenters. The maximum Gasteiger partial charge on any atom is 0.140 e. The van der Waals surface area contributed by atoms with Crippen LogP contribution in [0.3, 0.4) is 0 Å². The summed E-state index contributed by atoms with van der Waals surface area (Å²) in [4.78, 5) is 0. The zero-order valence-corrected chi connectivity index (χ0v) is 9.42. The number of nitrogens with zero attached hydrogens (tertiary/aromatic N) is 1. The first-order chi connectivity index (χ1) is 7.56. The molecule has 4 N–H and O–H groups in total. The lowest BCUT2D eigenvalue weighted by Gasteiger charge is -2.12. The zero-order valence-electron chi connectivity index (χ0n) is 8.66. The number of hydrogen-bond acceptors (Lipinski definition) is 4. The molecule has 0 heterocycles. The molecule has 1 aliphatic rings. The average Bonchev–Trinajstić information content (AvgIpc) is 3.02. The summed E-state index contributed by atoms with van der Waals surface area (Å²) in [7, 11) is 0. The Morgan fingerprint density at radius 1 is 1.38 bits per heavy atom. The van der Waals surface area contributed by atoms with Gasteiger partial charge in [0.25, 0.3) is 0 Å². The van der Waals surface area contributed by atoms with Crippen LogP contribution < -0.4 is 16.2 Å². The Balaban J connectivity index is 2.10. The van der Waals surface area contributed by atoms with Crippen molar-refractivity contribution in [3.8, 4) is 11.8 Å². The highest BCUT2D eigenvalue weighted by Crippen LogP contribution is 2.45. The first-order valence-electron chi connectivity index (χ1n) is 4.95. The van der Waals surface area contributed by atoms with E-state index in [9.17, 15) is 0 Å². The Labute approximate surface area is 98.7 Å². The summed E-state index contributed by atoms with van der Waals surface area (Å²) >= 11 is 5.95. The van der Waals surface area contributed by atoms with Crippen molar-refractivity contribution < 1.29 is 4.74 Å². The van der Waals surface area contributed by atoms with Crippen LogP contribution in [0.4, 0.5) is 11.4 Å². The first kappa shape index (κ1) is 10.9. The minimum Gasteiger partial charge on any atom is -0.490 e. The van der Waals surface area contributed by atoms with Crippen molar-refractivity contribution in [2.75, 3.05) is 18.1 Å². The minimum atomic E-state index is -0.320. The fraction of sp³-hybridized carbons (Fsp3) is 0.364. The maximum atomic E-state index is 8.89. The largest absolute Gasteiger partial charge is 0.490 e. The number of nitriles is 1. The summed E-state index contributed by atoms with van der Waals surface area (Å²) in [5.74, 6) is 0.481. The van der Waals surface area contributed by atoms with Gasteiger partial charge in [-0.1, -0.05) is 11.6 Å². The number of nitrogens with two attached hydrogens (primary N) is 2. The Morgan fingerprint density at radius 2 is 2.00 bits per heavy atom. The molecule has 1 aliphatic carbocycles. The summed E-state index contributed by atoms with van der Waals surface area (Å²) in [6.07, 6.45) is 1.76. The Hall–Kier alpha value is -1.60. The second-order valence-corrected chi connectivity index (χ2v) is 4.50. The van der Waals surface area contributed by atoms with Crippen molar-refractivity contribution in [3.05, 3.63) is 17.2 Å². The fourth-order valence-corrected chi connectivity index (χ4v) is 1.58. The predicted octanol–water partition coefficient (Wildman–Crippen LogP) is 2.19. The van der Waals surface area contributed by atoms with E-state index in [0.29, 0.717) is 28.8 Å². The predicted molar refractivity (Wildman–Crippen MR) is 63.1 cm³/mol. The van der Waals surface area contributed by atoms with Crippen molar-refractivity contribution >= 4 is 23.0 Å². The molecule has 0 aromatic heterocycles. The zero-order chi connectivity index (χ0) is 11.8. The molecule has 2 rings (SSSR count). The van der Waals surface area contributed by atoms with Crippen LogP contribution in [0.25, 0.3) is 0 Å². The average molecular weight is 238 g/mol. The van der Waals surface area contributed by atoms with Gasteiger partial charge in [-0.25, -0.2) is 0 Å². The lowest BCUT2D eigenvalue weighted by atomic mass is 10.1. The molecular formula is C11H12ClN3O. The summed E-state index contributed by atoms with van der Waals surface area (Å²) < 4.78 is 5.50. The topological polar surface area (TPSA) is 85.1 Å². The van der Waals surface area contributed by atoms with E-state index in [-0.39, 0.29) is 5.41 Å². The Morgan fingerprint density at radius 3 is 2.56 bits per heavy atom. The SMILES string of the molecule is N#CC1(COc2cc(N)c(N)cc2Cl)CC1. The number of benzene rings is 1. The van der Waals surface area contributed by atoms with Crippen LogP contribution in [0.5, 0.6) is 5.75 Å². The van der Waals surface area contributed by atoms with Gasteiger partial charge in [-0.15, -0.1) is 0 Å². The van der Waals surface area contributed by atoms with E-state index < -0.39 is 0 Å². The van der Waals surface area contributed by atoms with Crippen molar-refractivity contribution in [3.63, 3.8) is 0 Å². The summed E-state index contributed by atoms with van der Waals surface area (Å²) in [6, 6.07) is 5.39. The highest BCUT2D eigenvalue weighted by atomic mass is 35.5. The highest BCUT2D eigenvalue weighted by molar-refractivity contribution is 6.32. The third-order valence-electron chi connectivity index (χ3n) is 2.73. The van der Waals surface area contributed by atoms with Crippen LogP contribution in [0.15, 0.2) is 12.1 Å². The third kappa shape index (κ3) is 2.00. The highest BCUT2D eigenvalue weighted by Gasteiger charge is 2.44. The lowest BCUT2D eigenvalue weighted by Crippen LogP contribution is -2.11. The minimum absolute atomic E-state index is 0.320. The summed E-state index contributed by atoms with van der Waals surface area (Å²) in [5, 5.41) is 9.31. The van der Waals surface area contributed by atoms with Crippen LogP contribution in [0, 0.1) is 16.7 Å². The van der Waals surface area contributed by atoms with Crippen LogP contribution >= 0.6 is 11.6 Å². The Kier molecular flexibility index (Phi) is 2.56. The van der Waals surface area contributed by atoms with E-state index in [1.807, 2.05) is 0 Å². The van der Waals surface area contributed by atoms with Gasteiger partial charge in [0, 0.05) is 6.07 Å². The lowest BCUT2D eigenvalue weighted by molar-refractivity contribution is 0.269. The van der Waals surface area contributed by atoms with Crippen molar-refractivity contribution in [2.24, 2.45) is 5.41 Å². The summed E-state index contributed by atoms with van der Waals surface area (Å²) in [5.41, 5.74) is 11.8. The second-order valence-electron chi connectivity index (χ2n) is 4.09. The van der Waals surface area contributed by atoms with Crippen LogP contribution in [-0.2, 0) is 0 Å². The molecule has 0 amide bonds. The fourth-order valence-electron chi connectivity index (χ4n) is 1.35. The number of hydrogen-bond donors (Lipinski definition) is 2. The molecule has 4 nitrogen and oxygen atoms in total. The van der Waals surface area contributed by atoms with Gasteiger partial charge in [-0.2, -0.15) is 5.26 Å². The molecule has 1 saturated carbocycles. The van der Waals surface area contributed by atoms with Gasteiger partial charge < -0.3 is 16.2 Å². The van der Waals surface area contributed by atoms with Gasteiger partial charge in [-0.05, 0) is 18.9 Å². The molecule has 1 fully saturated rings. The maximum absolute atomic E-state index is 8.89. The van der Waals surface area contributed by atoms with E-state index in [0.717, 1.165) is 12.8 Å². The first-order valence-corrected chi connectivity index (χ1v) is 5.33. The number of nitrogen functional groups attached to an aromatic ring is 2. The molecule has 0 spiro atoms. The molecular weight excluding hydrogens is 226 g/mol. The van der Waals surface area contributed by atoms with E-state index >= 15 is 0 Å². The van der Waals surface area contributed by atoms with Crippen LogP contribution in [0.1, 0.15) is 12.8 Å². The number of anilines is 2. The van der Waals surface area contributed by atoms with Gasteiger partial charge in [-0.3, -0.25) is 0 Å². The molecule has 0 aliphatic heterocycles. The molecule has 0 saturated heterocycles. The number of ether oxygens (including phenoxy) is 1. The van der Waals surface area contributed by atoms with Crippen LogP contribution in [-0.4, -0.2) is 6.61 Å². The molecule has 84 valence electrons. The van der Waals surface area contributed by atoms with E-state index in [4.69, 9.17) is 33.1 Å². The standard InChI is InChI=1S/C11H12ClN3O/c12-7-3-8(14)9(15)4-10(7)16-6-11(5-13)1-2-11/h3-4H,1-2,6,14-15H2. The molecule has 0 radical (unpaired) electrons. The second kappa shape index (κ2) is 3.76. The molecule has 5 heteroatoms. The van der Waals surface area contributed by atoms with Gasteiger partial charge >= 0.3 is 0 Å². The van der Waals surface area contributed by atoms with Gasteiger partial charge in [0.15, 0.2) is 0 Å². The number of rotatable bonds is 3. The molecule has 0 unspecified atom stereocenters. The number of halogens is 1. The van der Waals surface area contributed by atoms with Gasteiger partial charge in [0.1, 0.15) is 12.4 Å². The van der Waals surface area contributed by atoms with Gasteiger partial charge in [0.2, 0.25) is 0 Å². The molecule has 0 bridgehead atoms. The third-order valence-corrected chi connectivity index (χ3v) is 3.03. The van der Waals surface area contributed by atoms with Crippen molar-refractivity contribution in [1.82, 2.24) is 0 Å².